The molecule has 1 N–H and O–H groups in total. The van der Waals surface area contributed by atoms with Gasteiger partial charge in [-0.1, -0.05) is 0 Å². The van der Waals surface area contributed by atoms with Crippen LogP contribution in [0.1, 0.15) is 16.1 Å². The van der Waals surface area contributed by atoms with E-state index in [0.29, 0.717) is 17.8 Å². The molecule has 13 heavy (non-hydrogen) atoms. The van der Waals surface area contributed by atoms with E-state index < -0.39 is 0 Å². The highest BCUT2D eigenvalue weighted by Gasteiger charge is 2.07. The van der Waals surface area contributed by atoms with Crippen molar-refractivity contribution in [3.63, 3.8) is 0 Å². The van der Waals surface area contributed by atoms with E-state index in [1.165, 1.54) is 0 Å². The Hall–Kier alpha value is -1.84. The Morgan fingerprint density at radius 3 is 2.92 bits per heavy atom. The van der Waals surface area contributed by atoms with Crippen LogP contribution < -0.4 is 0 Å². The molecule has 0 spiro atoms. The van der Waals surface area contributed by atoms with Crippen LogP contribution in [-0.2, 0) is 0 Å². The van der Waals surface area contributed by atoms with Crippen molar-refractivity contribution in [2.45, 2.75) is 6.92 Å². The number of carbonyl (C=O) groups excluding carboxylic acids is 1. The van der Waals surface area contributed by atoms with Crippen molar-refractivity contribution in [3.05, 3.63) is 29.7 Å². The molecular weight excluding hydrogens is 168 g/mol. The maximum Gasteiger partial charge on any atom is 0.185 e. The summed E-state index contributed by atoms with van der Waals surface area (Å²) in [6.45, 7) is 1.92. The molecule has 0 aliphatic heterocycles. The Kier molecular flexibility index (Phi) is 1.73. The third-order valence-electron chi connectivity index (χ3n) is 1.82. The second kappa shape index (κ2) is 2.90. The van der Waals surface area contributed by atoms with Gasteiger partial charge in [0.05, 0.1) is 6.20 Å². The van der Waals surface area contributed by atoms with Crippen molar-refractivity contribution in [2.75, 3.05) is 0 Å². The first kappa shape index (κ1) is 7.79. The molecule has 2 heterocycles. The third kappa shape index (κ3) is 1.26. The van der Waals surface area contributed by atoms with E-state index in [9.17, 15) is 4.79 Å². The maximum absolute atomic E-state index is 10.4. The quantitative estimate of drug-likeness (QED) is 0.709. The molecule has 0 radical (unpaired) electrons. The smallest absolute Gasteiger partial charge is 0.185 e. The lowest BCUT2D eigenvalue weighted by Crippen LogP contribution is -1.76. The highest BCUT2D eigenvalue weighted by atomic mass is 16.3. The highest BCUT2D eigenvalue weighted by Crippen LogP contribution is 2.21. The first-order valence-electron chi connectivity index (χ1n) is 3.86. The Bertz CT molecular complexity index is 428. The van der Waals surface area contributed by atoms with E-state index in [2.05, 4.69) is 10.2 Å². The average Bonchev–Trinajstić information content (AvgIpc) is 2.71. The number of rotatable bonds is 2. The Balaban J connectivity index is 2.46. The van der Waals surface area contributed by atoms with Gasteiger partial charge in [0.25, 0.3) is 0 Å². The summed E-state index contributed by atoms with van der Waals surface area (Å²) < 4.78 is 5.22. The lowest BCUT2D eigenvalue weighted by molar-refractivity contribution is 0.110. The van der Waals surface area contributed by atoms with Gasteiger partial charge in [0.1, 0.15) is 5.69 Å². The molecule has 2 aromatic heterocycles. The third-order valence-corrected chi connectivity index (χ3v) is 1.82. The molecule has 0 unspecified atom stereocenters. The number of aromatic amines is 1. The number of H-pyrrole nitrogens is 1. The maximum atomic E-state index is 10.4. The molecule has 0 aliphatic carbocycles. The SMILES string of the molecule is Cc1cn[nH]c1-c1ccc(C=O)o1. The molecule has 0 saturated heterocycles. The van der Waals surface area contributed by atoms with Crippen LogP contribution in [0.25, 0.3) is 11.5 Å². The Morgan fingerprint density at radius 1 is 1.54 bits per heavy atom. The molecule has 66 valence electrons. The molecule has 4 nitrogen and oxygen atoms in total. The second-order valence-corrected chi connectivity index (χ2v) is 2.75. The number of aromatic nitrogens is 2. The fourth-order valence-corrected chi connectivity index (χ4v) is 1.15. The number of carbonyl (C=O) groups is 1. The number of nitrogens with one attached hydrogen (secondary N) is 1. The van der Waals surface area contributed by atoms with Gasteiger partial charge in [-0.25, -0.2) is 0 Å². The van der Waals surface area contributed by atoms with Crippen molar-refractivity contribution >= 4 is 6.29 Å². The van der Waals surface area contributed by atoms with Crippen molar-refractivity contribution in [1.29, 1.82) is 0 Å². The summed E-state index contributed by atoms with van der Waals surface area (Å²) >= 11 is 0. The lowest BCUT2D eigenvalue weighted by atomic mass is 10.2. The summed E-state index contributed by atoms with van der Waals surface area (Å²) in [6, 6.07) is 3.37. The molecule has 0 atom stereocenters. The molecule has 0 bridgehead atoms. The summed E-state index contributed by atoms with van der Waals surface area (Å²) in [5.41, 5.74) is 1.81. The molecule has 4 heteroatoms. The van der Waals surface area contributed by atoms with Gasteiger partial charge in [0, 0.05) is 0 Å². The first-order chi connectivity index (χ1) is 6.31. The molecular formula is C9H8N2O2. The lowest BCUT2D eigenvalue weighted by Gasteiger charge is -1.91. The molecule has 2 rings (SSSR count). The largest absolute Gasteiger partial charge is 0.452 e. The van der Waals surface area contributed by atoms with Crippen LogP contribution in [0.15, 0.2) is 22.7 Å². The summed E-state index contributed by atoms with van der Waals surface area (Å²) in [5, 5.41) is 6.66. The predicted octanol–water partition coefficient (Wildman–Crippen LogP) is 1.79. The van der Waals surface area contributed by atoms with Gasteiger partial charge in [0.15, 0.2) is 17.8 Å². The van der Waals surface area contributed by atoms with E-state index >= 15 is 0 Å². The fourth-order valence-electron chi connectivity index (χ4n) is 1.15. The minimum atomic E-state index is 0.323. The van der Waals surface area contributed by atoms with Crippen LogP contribution in [0.3, 0.4) is 0 Å². The van der Waals surface area contributed by atoms with Crippen molar-refractivity contribution < 1.29 is 9.21 Å². The number of furan rings is 1. The summed E-state index contributed by atoms with van der Waals surface area (Å²) in [6.07, 6.45) is 2.38. The summed E-state index contributed by atoms with van der Waals surface area (Å²) in [5.74, 6) is 0.959. The molecule has 0 fully saturated rings. The Morgan fingerprint density at radius 2 is 2.38 bits per heavy atom. The normalized spacial score (nSPS) is 10.2. The van der Waals surface area contributed by atoms with E-state index in [1.54, 1.807) is 18.3 Å². The van der Waals surface area contributed by atoms with E-state index in [1.807, 2.05) is 6.92 Å². The molecule has 0 aliphatic rings. The predicted molar refractivity (Wildman–Crippen MR) is 46.4 cm³/mol. The van der Waals surface area contributed by atoms with E-state index in [0.717, 1.165) is 11.3 Å². The van der Waals surface area contributed by atoms with Gasteiger partial charge in [-0.3, -0.25) is 9.89 Å². The molecule has 0 saturated carbocycles. The Labute approximate surface area is 74.6 Å². The zero-order chi connectivity index (χ0) is 9.26. The van der Waals surface area contributed by atoms with Crippen LogP contribution in [-0.4, -0.2) is 16.5 Å². The standard InChI is InChI=1S/C9H8N2O2/c1-6-4-10-11-9(6)8-3-2-7(5-12)13-8/h2-5H,1H3,(H,10,11). The van der Waals surface area contributed by atoms with Gasteiger partial charge < -0.3 is 4.42 Å². The summed E-state index contributed by atoms with van der Waals surface area (Å²) in [4.78, 5) is 10.4. The van der Waals surface area contributed by atoms with Gasteiger partial charge >= 0.3 is 0 Å². The van der Waals surface area contributed by atoms with Gasteiger partial charge in [-0.15, -0.1) is 0 Å². The van der Waals surface area contributed by atoms with Crippen molar-refractivity contribution in [3.8, 4) is 11.5 Å². The molecule has 0 amide bonds. The van der Waals surface area contributed by atoms with Crippen LogP contribution in [0.4, 0.5) is 0 Å². The number of nitrogens with zero attached hydrogens (tertiary/aromatic N) is 1. The number of aryl methyl sites for hydroxylation is 1. The van der Waals surface area contributed by atoms with Crippen LogP contribution in [0.5, 0.6) is 0 Å². The summed E-state index contributed by atoms with van der Waals surface area (Å²) in [7, 11) is 0. The minimum Gasteiger partial charge on any atom is -0.452 e. The zero-order valence-corrected chi connectivity index (χ0v) is 7.07. The zero-order valence-electron chi connectivity index (χ0n) is 7.07. The molecule has 0 aromatic carbocycles. The van der Waals surface area contributed by atoms with Gasteiger partial charge in [-0.05, 0) is 24.6 Å². The highest BCUT2D eigenvalue weighted by molar-refractivity contribution is 5.72. The van der Waals surface area contributed by atoms with Crippen LogP contribution >= 0.6 is 0 Å². The second-order valence-electron chi connectivity index (χ2n) is 2.75. The number of aldehydes is 1. The number of hydrogen-bond acceptors (Lipinski definition) is 3. The molecule has 2 aromatic rings. The number of hydrogen-bond donors (Lipinski definition) is 1. The first-order valence-corrected chi connectivity index (χ1v) is 3.86. The average molecular weight is 176 g/mol. The topological polar surface area (TPSA) is 58.9 Å². The van der Waals surface area contributed by atoms with Crippen molar-refractivity contribution in [1.82, 2.24) is 10.2 Å². The van der Waals surface area contributed by atoms with E-state index in [4.69, 9.17) is 4.42 Å². The van der Waals surface area contributed by atoms with E-state index in [-0.39, 0.29) is 0 Å². The van der Waals surface area contributed by atoms with Gasteiger partial charge in [-0.2, -0.15) is 5.10 Å². The monoisotopic (exact) mass is 176 g/mol. The fraction of sp³-hybridized carbons (Fsp3) is 0.111. The van der Waals surface area contributed by atoms with Crippen LogP contribution in [0.2, 0.25) is 0 Å². The minimum absolute atomic E-state index is 0.323. The van der Waals surface area contributed by atoms with Gasteiger partial charge in [0.2, 0.25) is 0 Å². The van der Waals surface area contributed by atoms with Crippen LogP contribution in [0, 0.1) is 6.92 Å². The van der Waals surface area contributed by atoms with Crippen molar-refractivity contribution in [2.24, 2.45) is 0 Å².